The van der Waals surface area contributed by atoms with Crippen molar-refractivity contribution in [2.24, 2.45) is 5.92 Å². The molecule has 1 saturated carbocycles. The van der Waals surface area contributed by atoms with Crippen molar-refractivity contribution in [2.75, 3.05) is 13.2 Å². The van der Waals surface area contributed by atoms with E-state index in [9.17, 15) is 9.18 Å². The monoisotopic (exact) mass is 380 g/mol. The van der Waals surface area contributed by atoms with Gasteiger partial charge in [0, 0.05) is 35.8 Å². The average Bonchev–Trinajstić information content (AvgIpc) is 3.43. The summed E-state index contributed by atoms with van der Waals surface area (Å²) in [5, 5.41) is 14.0. The van der Waals surface area contributed by atoms with Gasteiger partial charge in [-0.1, -0.05) is 0 Å². The Morgan fingerprint density at radius 1 is 1.29 bits per heavy atom. The lowest BCUT2D eigenvalue weighted by Gasteiger charge is -2.27. The standard InChI is InChI=1S/C21H21FN4O2/c22-15-2-4-17-18(21(28)26-11-13-1-3-16(26)7-13)9-19(24-20(17)8-15)14-10-23-25(12-14)5-6-27/h2,4,8-10,12-13,16,27H,1,3,5-7,11H2/t13-,16-/m0/s1. The van der Waals surface area contributed by atoms with Crippen LogP contribution in [-0.2, 0) is 6.54 Å². The van der Waals surface area contributed by atoms with Gasteiger partial charge in [-0.05, 0) is 43.4 Å². The van der Waals surface area contributed by atoms with Crippen LogP contribution in [0.1, 0.15) is 29.6 Å². The highest BCUT2D eigenvalue weighted by atomic mass is 19.1. The number of carbonyl (C=O) groups is 1. The van der Waals surface area contributed by atoms with E-state index in [1.54, 1.807) is 29.2 Å². The first-order valence-electron chi connectivity index (χ1n) is 9.67. The van der Waals surface area contributed by atoms with E-state index in [1.165, 1.54) is 18.6 Å². The maximum Gasteiger partial charge on any atom is 0.254 e. The van der Waals surface area contributed by atoms with Gasteiger partial charge in [0.25, 0.3) is 5.91 Å². The Morgan fingerprint density at radius 2 is 2.18 bits per heavy atom. The van der Waals surface area contributed by atoms with E-state index in [4.69, 9.17) is 5.11 Å². The van der Waals surface area contributed by atoms with Crippen LogP contribution in [0.5, 0.6) is 0 Å². The predicted molar refractivity (Wildman–Crippen MR) is 102 cm³/mol. The van der Waals surface area contributed by atoms with Crippen molar-refractivity contribution in [2.45, 2.75) is 31.8 Å². The van der Waals surface area contributed by atoms with E-state index in [1.807, 2.05) is 4.90 Å². The van der Waals surface area contributed by atoms with Gasteiger partial charge < -0.3 is 10.0 Å². The minimum absolute atomic E-state index is 0.00444. The number of amides is 1. The van der Waals surface area contributed by atoms with E-state index in [-0.39, 0.29) is 18.3 Å². The minimum Gasteiger partial charge on any atom is -0.394 e. The molecule has 3 aromatic rings. The molecule has 1 amide bonds. The summed E-state index contributed by atoms with van der Waals surface area (Å²) in [4.78, 5) is 19.9. The summed E-state index contributed by atoms with van der Waals surface area (Å²) >= 11 is 0. The molecule has 1 aliphatic carbocycles. The number of rotatable bonds is 4. The Morgan fingerprint density at radius 3 is 2.93 bits per heavy atom. The molecule has 1 aromatic carbocycles. The van der Waals surface area contributed by atoms with Crippen LogP contribution in [0.15, 0.2) is 36.7 Å². The molecule has 3 heterocycles. The Labute approximate surface area is 161 Å². The number of aromatic nitrogens is 3. The topological polar surface area (TPSA) is 71.2 Å². The van der Waals surface area contributed by atoms with E-state index in [0.29, 0.717) is 40.7 Å². The number of pyridine rings is 1. The summed E-state index contributed by atoms with van der Waals surface area (Å²) in [6.45, 7) is 1.17. The maximum absolute atomic E-state index is 13.9. The van der Waals surface area contributed by atoms with Gasteiger partial charge in [0.05, 0.1) is 36.1 Å². The van der Waals surface area contributed by atoms with Crippen LogP contribution in [-0.4, -0.2) is 49.9 Å². The number of hydrogen-bond donors (Lipinski definition) is 1. The van der Waals surface area contributed by atoms with Crippen molar-refractivity contribution in [1.29, 1.82) is 0 Å². The first-order valence-corrected chi connectivity index (χ1v) is 9.67. The highest BCUT2D eigenvalue weighted by Crippen LogP contribution is 2.39. The summed E-state index contributed by atoms with van der Waals surface area (Å²) in [6.07, 6.45) is 6.77. The second kappa shape index (κ2) is 6.67. The predicted octanol–water partition coefficient (Wildman–Crippen LogP) is 2.85. The van der Waals surface area contributed by atoms with E-state index >= 15 is 0 Å². The molecule has 144 valence electrons. The number of fused-ring (bicyclic) bond motifs is 3. The number of likely N-dealkylation sites (tertiary alicyclic amines) is 1. The third-order valence-corrected chi connectivity index (χ3v) is 5.93. The van der Waals surface area contributed by atoms with Crippen LogP contribution in [0.3, 0.4) is 0 Å². The van der Waals surface area contributed by atoms with Gasteiger partial charge in [-0.2, -0.15) is 5.10 Å². The molecule has 0 radical (unpaired) electrons. The average molecular weight is 380 g/mol. The van der Waals surface area contributed by atoms with Crippen molar-refractivity contribution >= 4 is 16.8 Å². The molecule has 1 N–H and O–H groups in total. The molecule has 5 rings (SSSR count). The molecule has 2 aromatic heterocycles. The fourth-order valence-electron chi connectivity index (χ4n) is 4.58. The zero-order valence-corrected chi connectivity index (χ0v) is 15.4. The van der Waals surface area contributed by atoms with Crippen molar-refractivity contribution in [3.05, 3.63) is 48.0 Å². The number of nitrogens with zero attached hydrogens (tertiary/aromatic N) is 4. The summed E-state index contributed by atoms with van der Waals surface area (Å²) in [5.74, 6) is 0.220. The Kier molecular flexibility index (Phi) is 4.12. The second-order valence-electron chi connectivity index (χ2n) is 7.72. The van der Waals surface area contributed by atoms with Crippen LogP contribution in [0, 0.1) is 11.7 Å². The van der Waals surface area contributed by atoms with Gasteiger partial charge in [0.1, 0.15) is 5.82 Å². The number of halogens is 1. The fourth-order valence-corrected chi connectivity index (χ4v) is 4.58. The quantitative estimate of drug-likeness (QED) is 0.756. The van der Waals surface area contributed by atoms with Crippen LogP contribution in [0.4, 0.5) is 4.39 Å². The van der Waals surface area contributed by atoms with E-state index in [0.717, 1.165) is 24.9 Å². The van der Waals surface area contributed by atoms with Gasteiger partial charge in [-0.3, -0.25) is 9.48 Å². The molecule has 2 aliphatic rings. The molecule has 28 heavy (non-hydrogen) atoms. The minimum atomic E-state index is -0.383. The van der Waals surface area contributed by atoms with Gasteiger partial charge >= 0.3 is 0 Å². The Balaban J connectivity index is 1.61. The van der Waals surface area contributed by atoms with Gasteiger partial charge in [-0.15, -0.1) is 0 Å². The fraction of sp³-hybridized carbons (Fsp3) is 0.381. The van der Waals surface area contributed by atoms with Crippen molar-refractivity contribution in [1.82, 2.24) is 19.7 Å². The normalized spacial score (nSPS) is 21.0. The zero-order chi connectivity index (χ0) is 19.3. The van der Waals surface area contributed by atoms with E-state index < -0.39 is 0 Å². The molecule has 0 unspecified atom stereocenters. The Hall–Kier alpha value is -2.80. The number of piperidine rings is 1. The van der Waals surface area contributed by atoms with Crippen LogP contribution >= 0.6 is 0 Å². The lowest BCUT2D eigenvalue weighted by molar-refractivity contribution is 0.0705. The number of benzene rings is 1. The van der Waals surface area contributed by atoms with Gasteiger partial charge in [0.2, 0.25) is 0 Å². The summed E-state index contributed by atoms with van der Waals surface area (Å²) in [7, 11) is 0. The second-order valence-corrected chi connectivity index (χ2v) is 7.72. The largest absolute Gasteiger partial charge is 0.394 e. The molecular formula is C21H21FN4O2. The molecule has 6 nitrogen and oxygen atoms in total. The first kappa shape index (κ1) is 17.3. The van der Waals surface area contributed by atoms with Crippen LogP contribution in [0.25, 0.3) is 22.2 Å². The summed E-state index contributed by atoms with van der Waals surface area (Å²) in [5.41, 5.74) is 2.33. The number of carbonyl (C=O) groups excluding carboxylic acids is 1. The lowest BCUT2D eigenvalue weighted by atomic mass is 10.0. The molecule has 0 spiro atoms. The van der Waals surface area contributed by atoms with Crippen molar-refractivity contribution < 1.29 is 14.3 Å². The number of hydrogen-bond acceptors (Lipinski definition) is 4. The first-order chi connectivity index (χ1) is 13.6. The van der Waals surface area contributed by atoms with E-state index in [2.05, 4.69) is 10.1 Å². The molecular weight excluding hydrogens is 359 g/mol. The van der Waals surface area contributed by atoms with Gasteiger partial charge in [-0.25, -0.2) is 9.37 Å². The number of aliphatic hydroxyl groups excluding tert-OH is 1. The lowest BCUT2D eigenvalue weighted by Crippen LogP contribution is -2.37. The highest BCUT2D eigenvalue weighted by Gasteiger charge is 2.40. The Bertz CT molecular complexity index is 1060. The maximum atomic E-state index is 13.9. The third kappa shape index (κ3) is 2.86. The van der Waals surface area contributed by atoms with Crippen LogP contribution < -0.4 is 0 Å². The molecule has 2 atom stereocenters. The molecule has 2 bridgehead atoms. The molecule has 7 heteroatoms. The highest BCUT2D eigenvalue weighted by molar-refractivity contribution is 6.07. The summed E-state index contributed by atoms with van der Waals surface area (Å²) in [6, 6.07) is 6.48. The van der Waals surface area contributed by atoms with Crippen molar-refractivity contribution in [3.8, 4) is 11.3 Å². The van der Waals surface area contributed by atoms with Crippen LogP contribution in [0.2, 0.25) is 0 Å². The van der Waals surface area contributed by atoms with Gasteiger partial charge in [0.15, 0.2) is 0 Å². The molecule has 1 saturated heterocycles. The smallest absolute Gasteiger partial charge is 0.254 e. The molecule has 2 fully saturated rings. The zero-order valence-electron chi connectivity index (χ0n) is 15.4. The summed E-state index contributed by atoms with van der Waals surface area (Å²) < 4.78 is 15.5. The number of aliphatic hydroxyl groups is 1. The SMILES string of the molecule is O=C(c1cc(-c2cnn(CCO)c2)nc2cc(F)ccc12)N1C[C@H]2CC[C@H]1C2. The molecule has 1 aliphatic heterocycles. The third-order valence-electron chi connectivity index (χ3n) is 5.93. The van der Waals surface area contributed by atoms with Crippen molar-refractivity contribution in [3.63, 3.8) is 0 Å².